The number of hydrogen-bond donors (Lipinski definition) is 2. The number of hydrogen-bond acceptors (Lipinski definition) is 7. The van der Waals surface area contributed by atoms with Gasteiger partial charge >= 0.3 is 5.97 Å². The number of carbonyl (C=O) groups excluding carboxylic acids is 3. The predicted molar refractivity (Wildman–Crippen MR) is 114 cm³/mol. The van der Waals surface area contributed by atoms with Crippen LogP contribution in [0.4, 0.5) is 13.8 Å². The number of nitrogens with one attached hydrogen (secondary N) is 1. The van der Waals surface area contributed by atoms with Crippen LogP contribution in [0.2, 0.25) is 0 Å². The average Bonchev–Trinajstić information content (AvgIpc) is 3.22. The number of halogens is 2. The van der Waals surface area contributed by atoms with Crippen molar-refractivity contribution in [2.45, 2.75) is 20.8 Å². The van der Waals surface area contributed by atoms with E-state index in [4.69, 9.17) is 10.5 Å². The van der Waals surface area contributed by atoms with Gasteiger partial charge in [-0.3, -0.25) is 9.59 Å². The van der Waals surface area contributed by atoms with Crippen molar-refractivity contribution in [1.82, 2.24) is 4.98 Å². The van der Waals surface area contributed by atoms with Gasteiger partial charge in [0.25, 0.3) is 11.8 Å². The second-order valence-electron chi connectivity index (χ2n) is 6.33. The largest absolute Gasteiger partial charge is 0.462 e. The Bertz CT molecular complexity index is 1180. The molecule has 0 fully saturated rings. The Balaban J connectivity index is 1.99. The first kappa shape index (κ1) is 22.5. The number of nitrogens with zero attached hydrogens (tertiary/aromatic N) is 1. The number of ether oxygens (including phenoxy) is 1. The molecule has 31 heavy (non-hydrogen) atoms. The fourth-order valence-corrected chi connectivity index (χ4v) is 4.91. The van der Waals surface area contributed by atoms with Crippen LogP contribution in [0.1, 0.15) is 47.9 Å². The number of carbonyl (C=O) groups is 3. The fourth-order valence-electron chi connectivity index (χ4n) is 2.86. The third-order valence-corrected chi connectivity index (χ3v) is 6.65. The third kappa shape index (κ3) is 4.32. The zero-order chi connectivity index (χ0) is 22.9. The van der Waals surface area contributed by atoms with Crippen LogP contribution in [0.25, 0.3) is 10.6 Å². The molecule has 0 atom stereocenters. The van der Waals surface area contributed by atoms with Gasteiger partial charge in [0.2, 0.25) is 0 Å². The fraction of sp³-hybridized carbons (Fsp3) is 0.200. The van der Waals surface area contributed by atoms with E-state index < -0.39 is 29.4 Å². The summed E-state index contributed by atoms with van der Waals surface area (Å²) in [5.41, 5.74) is 5.60. The van der Waals surface area contributed by atoms with Gasteiger partial charge in [-0.2, -0.15) is 0 Å². The van der Waals surface area contributed by atoms with Crippen molar-refractivity contribution in [2.24, 2.45) is 5.73 Å². The molecular formula is C20H17F2N3O4S2. The molecule has 0 radical (unpaired) electrons. The number of thiazole rings is 1. The quantitative estimate of drug-likeness (QED) is 0.528. The lowest BCUT2D eigenvalue weighted by molar-refractivity contribution is 0.0527. The molecule has 0 aliphatic heterocycles. The van der Waals surface area contributed by atoms with Crippen molar-refractivity contribution in [2.75, 3.05) is 11.9 Å². The Labute approximate surface area is 183 Å². The maximum Gasteiger partial charge on any atom is 0.341 e. The van der Waals surface area contributed by atoms with Gasteiger partial charge in [-0.25, -0.2) is 18.6 Å². The van der Waals surface area contributed by atoms with Gasteiger partial charge < -0.3 is 15.8 Å². The molecule has 3 rings (SSSR count). The molecule has 0 bridgehead atoms. The van der Waals surface area contributed by atoms with Gasteiger partial charge in [0.1, 0.15) is 26.5 Å². The van der Waals surface area contributed by atoms with Gasteiger partial charge in [-0.1, -0.05) is 6.07 Å². The summed E-state index contributed by atoms with van der Waals surface area (Å²) >= 11 is 1.65. The molecule has 11 heteroatoms. The van der Waals surface area contributed by atoms with E-state index in [2.05, 4.69) is 10.3 Å². The first-order valence-electron chi connectivity index (χ1n) is 8.99. The molecule has 0 unspecified atom stereocenters. The molecule has 2 amide bonds. The lowest BCUT2D eigenvalue weighted by Gasteiger charge is -2.06. The van der Waals surface area contributed by atoms with Crippen LogP contribution in [-0.2, 0) is 4.74 Å². The highest BCUT2D eigenvalue weighted by atomic mass is 32.1. The van der Waals surface area contributed by atoms with E-state index in [1.54, 1.807) is 6.92 Å². The first-order chi connectivity index (χ1) is 14.6. The van der Waals surface area contributed by atoms with Crippen molar-refractivity contribution in [1.29, 1.82) is 0 Å². The van der Waals surface area contributed by atoms with Gasteiger partial charge in [0, 0.05) is 0 Å². The number of thiophene rings is 1. The monoisotopic (exact) mass is 465 g/mol. The van der Waals surface area contributed by atoms with E-state index in [1.807, 2.05) is 0 Å². The van der Waals surface area contributed by atoms with Crippen LogP contribution >= 0.6 is 22.7 Å². The Kier molecular flexibility index (Phi) is 6.46. The van der Waals surface area contributed by atoms with Gasteiger partial charge in [0.15, 0.2) is 0 Å². The van der Waals surface area contributed by atoms with Crippen molar-refractivity contribution in [3.05, 3.63) is 56.4 Å². The number of aryl methyl sites for hydroxylation is 1. The Morgan fingerprint density at radius 2 is 1.77 bits per heavy atom. The maximum absolute atomic E-state index is 14.1. The van der Waals surface area contributed by atoms with Crippen LogP contribution in [0.3, 0.4) is 0 Å². The number of anilines is 1. The second kappa shape index (κ2) is 8.90. The van der Waals surface area contributed by atoms with Crippen molar-refractivity contribution in [3.63, 3.8) is 0 Å². The van der Waals surface area contributed by atoms with Crippen molar-refractivity contribution in [3.8, 4) is 10.6 Å². The molecule has 3 N–H and O–H groups in total. The summed E-state index contributed by atoms with van der Waals surface area (Å²) in [6, 6.07) is 3.43. The highest BCUT2D eigenvalue weighted by Crippen LogP contribution is 2.36. The molecule has 2 aromatic heterocycles. The standard InChI is InChI=1S/C20H17F2N3O4S2/c1-4-29-20(28)12-8(2)14(16(23)26)30-18(12)25-17(27)15-9(3)24-19(31-15)13-10(21)6-5-7-11(13)22/h5-7H,4H2,1-3H3,(H2,23,26)(H,25,27). The molecule has 7 nitrogen and oxygen atoms in total. The number of esters is 1. The number of nitrogens with two attached hydrogens (primary N) is 1. The van der Waals surface area contributed by atoms with Crippen LogP contribution in [0.5, 0.6) is 0 Å². The second-order valence-corrected chi connectivity index (χ2v) is 8.35. The topological polar surface area (TPSA) is 111 Å². The average molecular weight is 466 g/mol. The Hall–Kier alpha value is -3.18. The number of rotatable bonds is 6. The van der Waals surface area contributed by atoms with E-state index in [-0.39, 0.29) is 43.2 Å². The number of amides is 2. The van der Waals surface area contributed by atoms with Gasteiger partial charge in [-0.15, -0.1) is 22.7 Å². The number of primary amides is 1. The van der Waals surface area contributed by atoms with Crippen molar-refractivity contribution < 1.29 is 27.9 Å². The van der Waals surface area contributed by atoms with Crippen LogP contribution in [0.15, 0.2) is 18.2 Å². The summed E-state index contributed by atoms with van der Waals surface area (Å²) in [5.74, 6) is -3.72. The maximum atomic E-state index is 14.1. The van der Waals surface area contributed by atoms with E-state index in [9.17, 15) is 23.2 Å². The predicted octanol–water partition coefficient (Wildman–Crippen LogP) is 4.29. The molecule has 2 heterocycles. The minimum atomic E-state index is -0.801. The summed E-state index contributed by atoms with van der Waals surface area (Å²) in [6.45, 7) is 4.76. The summed E-state index contributed by atoms with van der Waals surface area (Å²) in [4.78, 5) is 41.3. The Morgan fingerprint density at radius 1 is 1.13 bits per heavy atom. The highest BCUT2D eigenvalue weighted by molar-refractivity contribution is 7.19. The van der Waals surface area contributed by atoms with E-state index in [0.717, 1.165) is 34.8 Å². The first-order valence-corrected chi connectivity index (χ1v) is 10.6. The number of aromatic nitrogens is 1. The summed E-state index contributed by atoms with van der Waals surface area (Å²) < 4.78 is 33.2. The highest BCUT2D eigenvalue weighted by Gasteiger charge is 2.27. The van der Waals surface area contributed by atoms with Crippen molar-refractivity contribution >= 4 is 45.5 Å². The summed E-state index contributed by atoms with van der Waals surface area (Å²) in [7, 11) is 0. The van der Waals surface area contributed by atoms with Crippen LogP contribution in [-0.4, -0.2) is 29.4 Å². The van der Waals surface area contributed by atoms with Gasteiger partial charge in [-0.05, 0) is 38.5 Å². The SMILES string of the molecule is CCOC(=O)c1c(NC(=O)c2sc(-c3c(F)cccc3F)nc2C)sc(C(N)=O)c1C. The van der Waals surface area contributed by atoms with Crippen LogP contribution in [0, 0.1) is 25.5 Å². The molecule has 0 saturated heterocycles. The zero-order valence-electron chi connectivity index (χ0n) is 16.7. The molecule has 0 aliphatic carbocycles. The molecule has 1 aromatic carbocycles. The summed E-state index contributed by atoms with van der Waals surface area (Å²) in [6.07, 6.45) is 0. The zero-order valence-corrected chi connectivity index (χ0v) is 18.3. The summed E-state index contributed by atoms with van der Waals surface area (Å²) in [5, 5.41) is 2.66. The molecule has 0 spiro atoms. The van der Waals surface area contributed by atoms with E-state index >= 15 is 0 Å². The lowest BCUT2D eigenvalue weighted by atomic mass is 10.1. The van der Waals surface area contributed by atoms with E-state index in [0.29, 0.717) is 5.56 Å². The molecule has 3 aromatic rings. The smallest absolute Gasteiger partial charge is 0.341 e. The minimum absolute atomic E-state index is 0.00375. The molecule has 162 valence electrons. The van der Waals surface area contributed by atoms with Crippen LogP contribution < -0.4 is 11.1 Å². The third-order valence-electron chi connectivity index (χ3n) is 4.26. The van der Waals surface area contributed by atoms with E-state index in [1.165, 1.54) is 19.9 Å². The molecule has 0 aliphatic rings. The number of benzene rings is 1. The normalized spacial score (nSPS) is 10.7. The molecule has 0 saturated carbocycles. The molecular weight excluding hydrogens is 448 g/mol. The van der Waals surface area contributed by atoms with Gasteiger partial charge in [0.05, 0.1) is 28.3 Å². The minimum Gasteiger partial charge on any atom is -0.462 e. The Morgan fingerprint density at radius 3 is 2.35 bits per heavy atom. The lowest BCUT2D eigenvalue weighted by Crippen LogP contribution is -2.15.